The van der Waals surface area contributed by atoms with Crippen molar-refractivity contribution < 1.29 is 4.79 Å². The summed E-state index contributed by atoms with van der Waals surface area (Å²) in [5.41, 5.74) is 2.21. The largest absolute Gasteiger partial charge is 0.355 e. The van der Waals surface area contributed by atoms with Crippen molar-refractivity contribution in [2.75, 3.05) is 23.3 Å². The van der Waals surface area contributed by atoms with Gasteiger partial charge in [-0.2, -0.15) is 0 Å². The van der Waals surface area contributed by atoms with Crippen molar-refractivity contribution in [3.63, 3.8) is 0 Å². The molecule has 8 heteroatoms. The molecule has 3 aromatic rings. The fraction of sp³-hybridized carbons (Fsp3) is 0.294. The molecule has 128 valence electrons. The van der Waals surface area contributed by atoms with Gasteiger partial charge in [0.25, 0.3) is 0 Å². The average Bonchev–Trinajstić information content (AvgIpc) is 3.30. The van der Waals surface area contributed by atoms with E-state index in [0.717, 1.165) is 37.3 Å². The highest BCUT2D eigenvalue weighted by Gasteiger charge is 2.17. The molecular formula is C17H19N7O. The van der Waals surface area contributed by atoms with Gasteiger partial charge in [0.05, 0.1) is 17.7 Å². The topological polar surface area (TPSA) is 98.8 Å². The lowest BCUT2D eigenvalue weighted by atomic mass is 10.3. The van der Waals surface area contributed by atoms with Crippen LogP contribution in [0.1, 0.15) is 18.7 Å². The van der Waals surface area contributed by atoms with Gasteiger partial charge in [-0.3, -0.25) is 0 Å². The average molecular weight is 337 g/mol. The Morgan fingerprint density at radius 1 is 1.16 bits per heavy atom. The maximum absolute atomic E-state index is 12.2. The van der Waals surface area contributed by atoms with E-state index >= 15 is 0 Å². The summed E-state index contributed by atoms with van der Waals surface area (Å²) in [6.45, 7) is 2.24. The van der Waals surface area contributed by atoms with Crippen LogP contribution in [0.25, 0.3) is 11.2 Å². The van der Waals surface area contributed by atoms with Crippen molar-refractivity contribution in [2.24, 2.45) is 0 Å². The van der Waals surface area contributed by atoms with E-state index in [-0.39, 0.29) is 6.03 Å². The van der Waals surface area contributed by atoms with Crippen molar-refractivity contribution in [1.29, 1.82) is 0 Å². The zero-order valence-electron chi connectivity index (χ0n) is 13.7. The third-order valence-electron chi connectivity index (χ3n) is 4.16. The molecule has 1 fully saturated rings. The van der Waals surface area contributed by atoms with Gasteiger partial charge >= 0.3 is 6.03 Å². The Kier molecular flexibility index (Phi) is 4.16. The Morgan fingerprint density at radius 3 is 2.80 bits per heavy atom. The third-order valence-corrected chi connectivity index (χ3v) is 4.16. The van der Waals surface area contributed by atoms with Crippen LogP contribution in [0.2, 0.25) is 0 Å². The summed E-state index contributed by atoms with van der Waals surface area (Å²) in [5, 5.41) is 5.69. The number of amides is 2. The number of imidazole rings is 1. The SMILES string of the molecule is O=C(NCc1nc2ncccc2[nH]1)Nc1cccnc1N1CCCC1. The van der Waals surface area contributed by atoms with Crippen LogP contribution < -0.4 is 15.5 Å². The molecule has 1 saturated heterocycles. The smallest absolute Gasteiger partial charge is 0.319 e. The van der Waals surface area contributed by atoms with E-state index in [4.69, 9.17) is 0 Å². The quantitative estimate of drug-likeness (QED) is 0.678. The van der Waals surface area contributed by atoms with Crippen LogP contribution in [0.3, 0.4) is 0 Å². The Morgan fingerprint density at radius 2 is 1.96 bits per heavy atom. The molecule has 0 aromatic carbocycles. The molecule has 2 amide bonds. The molecule has 3 N–H and O–H groups in total. The Balaban J connectivity index is 1.40. The fourth-order valence-electron chi connectivity index (χ4n) is 2.98. The van der Waals surface area contributed by atoms with E-state index in [2.05, 4.69) is 35.5 Å². The predicted molar refractivity (Wildman–Crippen MR) is 95.4 cm³/mol. The second-order valence-corrected chi connectivity index (χ2v) is 5.93. The Labute approximate surface area is 144 Å². The molecule has 4 heterocycles. The zero-order valence-corrected chi connectivity index (χ0v) is 13.7. The minimum Gasteiger partial charge on any atom is -0.355 e. The molecule has 25 heavy (non-hydrogen) atoms. The van der Waals surface area contributed by atoms with Gasteiger partial charge in [-0.1, -0.05) is 0 Å². The number of nitrogens with zero attached hydrogens (tertiary/aromatic N) is 4. The monoisotopic (exact) mass is 337 g/mol. The lowest BCUT2D eigenvalue weighted by Gasteiger charge is -2.20. The molecule has 0 unspecified atom stereocenters. The van der Waals surface area contributed by atoms with Crippen molar-refractivity contribution >= 4 is 28.7 Å². The number of hydrogen-bond donors (Lipinski definition) is 3. The van der Waals surface area contributed by atoms with E-state index in [9.17, 15) is 4.79 Å². The Bertz CT molecular complexity index is 852. The van der Waals surface area contributed by atoms with Gasteiger partial charge in [0.2, 0.25) is 0 Å². The minimum absolute atomic E-state index is 0.290. The third kappa shape index (κ3) is 3.37. The second-order valence-electron chi connectivity index (χ2n) is 5.93. The molecule has 0 spiro atoms. The number of aromatic amines is 1. The number of anilines is 2. The highest BCUT2D eigenvalue weighted by atomic mass is 16.2. The van der Waals surface area contributed by atoms with Crippen molar-refractivity contribution in [3.8, 4) is 0 Å². The molecule has 0 aliphatic carbocycles. The van der Waals surface area contributed by atoms with Crippen LogP contribution in [-0.4, -0.2) is 39.1 Å². The number of H-pyrrole nitrogens is 1. The summed E-state index contributed by atoms with van der Waals surface area (Å²) < 4.78 is 0. The minimum atomic E-state index is -0.290. The number of aromatic nitrogens is 4. The van der Waals surface area contributed by atoms with Gasteiger partial charge in [0.1, 0.15) is 5.82 Å². The summed E-state index contributed by atoms with van der Waals surface area (Å²) in [7, 11) is 0. The highest BCUT2D eigenvalue weighted by molar-refractivity contribution is 5.92. The molecule has 0 bridgehead atoms. The van der Waals surface area contributed by atoms with Gasteiger partial charge in [-0.15, -0.1) is 0 Å². The first-order valence-corrected chi connectivity index (χ1v) is 8.34. The lowest BCUT2D eigenvalue weighted by Crippen LogP contribution is -2.30. The standard InChI is InChI=1S/C17H19N7O/c25-17(20-11-14-21-12-5-3-7-18-15(12)23-14)22-13-6-4-8-19-16(13)24-9-1-2-10-24/h3-8H,1-2,9-11H2,(H,18,21,23)(H2,20,22,25). The van der Waals surface area contributed by atoms with Crippen LogP contribution in [0.4, 0.5) is 16.3 Å². The number of urea groups is 1. The maximum atomic E-state index is 12.2. The lowest BCUT2D eigenvalue weighted by molar-refractivity contribution is 0.251. The van der Waals surface area contributed by atoms with Crippen molar-refractivity contribution in [1.82, 2.24) is 25.3 Å². The van der Waals surface area contributed by atoms with Crippen molar-refractivity contribution in [3.05, 3.63) is 42.5 Å². The highest BCUT2D eigenvalue weighted by Crippen LogP contribution is 2.25. The molecule has 3 aromatic heterocycles. The number of carbonyl (C=O) groups excluding carboxylic acids is 1. The van der Waals surface area contributed by atoms with E-state index in [0.29, 0.717) is 23.7 Å². The van der Waals surface area contributed by atoms with Gasteiger partial charge in [0.15, 0.2) is 11.5 Å². The summed E-state index contributed by atoms with van der Waals surface area (Å²) >= 11 is 0. The summed E-state index contributed by atoms with van der Waals surface area (Å²) in [4.78, 5) is 30.5. The van der Waals surface area contributed by atoms with Crippen molar-refractivity contribution in [2.45, 2.75) is 19.4 Å². The van der Waals surface area contributed by atoms with Gasteiger partial charge in [-0.05, 0) is 37.1 Å². The number of rotatable bonds is 4. The number of pyridine rings is 2. The van der Waals surface area contributed by atoms with Gasteiger partial charge < -0.3 is 20.5 Å². The first-order valence-electron chi connectivity index (χ1n) is 8.34. The van der Waals surface area contributed by atoms with Gasteiger partial charge in [0, 0.05) is 25.5 Å². The normalized spacial score (nSPS) is 14.0. The van der Waals surface area contributed by atoms with E-state index < -0.39 is 0 Å². The first-order chi connectivity index (χ1) is 12.3. The Hall–Kier alpha value is -3.16. The first kappa shape index (κ1) is 15.4. The molecule has 0 atom stereocenters. The summed E-state index contributed by atoms with van der Waals surface area (Å²) in [6.07, 6.45) is 5.75. The second kappa shape index (κ2) is 6.76. The summed E-state index contributed by atoms with van der Waals surface area (Å²) in [6, 6.07) is 7.14. The van der Waals surface area contributed by atoms with Crippen LogP contribution in [0, 0.1) is 0 Å². The molecular weight excluding hydrogens is 318 g/mol. The number of fused-ring (bicyclic) bond motifs is 1. The van der Waals surface area contributed by atoms with Crippen LogP contribution in [0.5, 0.6) is 0 Å². The molecule has 4 rings (SSSR count). The van der Waals surface area contributed by atoms with Crippen LogP contribution in [-0.2, 0) is 6.54 Å². The number of nitrogens with one attached hydrogen (secondary N) is 3. The summed E-state index contributed by atoms with van der Waals surface area (Å²) in [5.74, 6) is 1.48. The van der Waals surface area contributed by atoms with E-state index in [1.807, 2.05) is 24.3 Å². The molecule has 1 aliphatic heterocycles. The van der Waals surface area contributed by atoms with Gasteiger partial charge in [-0.25, -0.2) is 19.7 Å². The maximum Gasteiger partial charge on any atom is 0.319 e. The van der Waals surface area contributed by atoms with E-state index in [1.54, 1.807) is 12.4 Å². The zero-order chi connectivity index (χ0) is 17.1. The van der Waals surface area contributed by atoms with Crippen LogP contribution in [0.15, 0.2) is 36.7 Å². The number of hydrogen-bond acceptors (Lipinski definition) is 5. The fourth-order valence-corrected chi connectivity index (χ4v) is 2.98. The molecule has 0 saturated carbocycles. The predicted octanol–water partition coefficient (Wildman–Crippen LogP) is 2.27. The molecule has 0 radical (unpaired) electrons. The van der Waals surface area contributed by atoms with Crippen LogP contribution >= 0.6 is 0 Å². The van der Waals surface area contributed by atoms with E-state index in [1.165, 1.54) is 0 Å². The molecule has 8 nitrogen and oxygen atoms in total. The molecule has 1 aliphatic rings. The number of carbonyl (C=O) groups is 1.